The summed E-state index contributed by atoms with van der Waals surface area (Å²) in [6.45, 7) is 5.93. The predicted octanol–water partition coefficient (Wildman–Crippen LogP) is 1.65. The van der Waals surface area contributed by atoms with Crippen LogP contribution in [0, 0.1) is 11.7 Å². The van der Waals surface area contributed by atoms with Gasteiger partial charge < -0.3 is 10.5 Å². The lowest BCUT2D eigenvalue weighted by atomic mass is 10.2. The highest BCUT2D eigenvalue weighted by atomic mass is 19.1. The number of hydrogen-bond donors (Lipinski definition) is 1. The molecule has 1 aromatic carbocycles. The monoisotopic (exact) mass is 268 g/mol. The van der Waals surface area contributed by atoms with E-state index in [1.54, 1.807) is 18.2 Å². The van der Waals surface area contributed by atoms with Gasteiger partial charge in [0.15, 0.2) is 11.6 Å². The Bertz CT molecular complexity index is 410. The van der Waals surface area contributed by atoms with Gasteiger partial charge in [0.2, 0.25) is 5.91 Å². The normalized spacial score (nSPS) is 11.0. The third-order valence-corrected chi connectivity index (χ3v) is 2.50. The third kappa shape index (κ3) is 6.20. The fourth-order valence-corrected chi connectivity index (χ4v) is 1.82. The van der Waals surface area contributed by atoms with Crippen LogP contribution >= 0.6 is 0 Å². The molecule has 0 aromatic heterocycles. The van der Waals surface area contributed by atoms with Gasteiger partial charge in [-0.1, -0.05) is 26.0 Å². The number of nitrogens with two attached hydrogens (primary N) is 1. The van der Waals surface area contributed by atoms with Crippen molar-refractivity contribution >= 4 is 5.91 Å². The number of nitrogens with zero attached hydrogens (tertiary/aromatic N) is 1. The Morgan fingerprint density at radius 2 is 2.11 bits per heavy atom. The molecule has 0 unspecified atom stereocenters. The van der Waals surface area contributed by atoms with Gasteiger partial charge in [0, 0.05) is 13.1 Å². The molecule has 0 aliphatic heterocycles. The number of carbonyl (C=O) groups is 1. The van der Waals surface area contributed by atoms with Gasteiger partial charge in [-0.15, -0.1) is 0 Å². The summed E-state index contributed by atoms with van der Waals surface area (Å²) in [6, 6.07) is 6.26. The number of hydrogen-bond acceptors (Lipinski definition) is 3. The Kier molecular flexibility index (Phi) is 6.29. The smallest absolute Gasteiger partial charge is 0.231 e. The molecule has 2 N–H and O–H groups in total. The van der Waals surface area contributed by atoms with Crippen LogP contribution < -0.4 is 10.5 Å². The molecule has 0 spiro atoms. The van der Waals surface area contributed by atoms with Crippen molar-refractivity contribution in [2.45, 2.75) is 13.8 Å². The number of rotatable bonds is 8. The number of halogens is 1. The zero-order valence-electron chi connectivity index (χ0n) is 11.4. The summed E-state index contributed by atoms with van der Waals surface area (Å²) in [4.78, 5) is 12.9. The lowest BCUT2D eigenvalue weighted by molar-refractivity contribution is -0.119. The maximum atomic E-state index is 13.3. The van der Waals surface area contributed by atoms with Crippen LogP contribution in [0.4, 0.5) is 4.39 Å². The Labute approximate surface area is 113 Å². The molecule has 0 heterocycles. The summed E-state index contributed by atoms with van der Waals surface area (Å²) in [7, 11) is 0. The van der Waals surface area contributed by atoms with Crippen LogP contribution in [0.1, 0.15) is 13.8 Å². The topological polar surface area (TPSA) is 55.6 Å². The highest BCUT2D eigenvalue weighted by Crippen LogP contribution is 2.15. The van der Waals surface area contributed by atoms with Gasteiger partial charge in [-0.2, -0.15) is 0 Å². The first-order valence-corrected chi connectivity index (χ1v) is 6.37. The second kappa shape index (κ2) is 7.74. The molecule has 19 heavy (non-hydrogen) atoms. The minimum absolute atomic E-state index is 0.193. The van der Waals surface area contributed by atoms with Crippen molar-refractivity contribution in [1.82, 2.24) is 4.90 Å². The van der Waals surface area contributed by atoms with Crippen molar-refractivity contribution in [2.75, 3.05) is 26.2 Å². The molecule has 0 atom stereocenters. The lowest BCUT2D eigenvalue weighted by Gasteiger charge is -2.22. The molecule has 0 bridgehead atoms. The van der Waals surface area contributed by atoms with Gasteiger partial charge in [0.05, 0.1) is 6.54 Å². The zero-order valence-corrected chi connectivity index (χ0v) is 11.4. The van der Waals surface area contributed by atoms with E-state index in [0.29, 0.717) is 19.1 Å². The van der Waals surface area contributed by atoms with Crippen LogP contribution in [0.5, 0.6) is 5.75 Å². The number of para-hydroxylation sites is 1. The molecule has 0 fully saturated rings. The van der Waals surface area contributed by atoms with E-state index in [4.69, 9.17) is 10.5 Å². The molecule has 5 heteroatoms. The van der Waals surface area contributed by atoms with Gasteiger partial charge in [0.1, 0.15) is 6.61 Å². The van der Waals surface area contributed by atoms with Gasteiger partial charge in [-0.25, -0.2) is 4.39 Å². The van der Waals surface area contributed by atoms with Gasteiger partial charge >= 0.3 is 0 Å². The van der Waals surface area contributed by atoms with Crippen molar-refractivity contribution in [3.05, 3.63) is 30.1 Å². The first kappa shape index (κ1) is 15.4. The van der Waals surface area contributed by atoms with Crippen LogP contribution in [0.25, 0.3) is 0 Å². The quantitative estimate of drug-likeness (QED) is 0.780. The van der Waals surface area contributed by atoms with Crippen molar-refractivity contribution in [3.63, 3.8) is 0 Å². The fourth-order valence-electron chi connectivity index (χ4n) is 1.82. The fraction of sp³-hybridized carbons (Fsp3) is 0.500. The average molecular weight is 268 g/mol. The first-order chi connectivity index (χ1) is 8.99. The third-order valence-electron chi connectivity index (χ3n) is 2.50. The number of carbonyl (C=O) groups excluding carboxylic acids is 1. The van der Waals surface area contributed by atoms with Gasteiger partial charge in [-0.3, -0.25) is 9.69 Å². The minimum atomic E-state index is -0.382. The lowest BCUT2D eigenvalue weighted by Crippen LogP contribution is -2.38. The highest BCUT2D eigenvalue weighted by molar-refractivity contribution is 5.75. The molecule has 1 rings (SSSR count). The van der Waals surface area contributed by atoms with Crippen LogP contribution in [0.15, 0.2) is 24.3 Å². The summed E-state index contributed by atoms with van der Waals surface area (Å²) < 4.78 is 18.7. The van der Waals surface area contributed by atoms with Crippen LogP contribution in [0.2, 0.25) is 0 Å². The van der Waals surface area contributed by atoms with Crippen LogP contribution in [-0.2, 0) is 4.79 Å². The Morgan fingerprint density at radius 1 is 1.42 bits per heavy atom. The van der Waals surface area contributed by atoms with E-state index in [9.17, 15) is 9.18 Å². The molecule has 1 amide bonds. The first-order valence-electron chi connectivity index (χ1n) is 6.37. The predicted molar refractivity (Wildman–Crippen MR) is 72.4 cm³/mol. The molecule has 106 valence electrons. The van der Waals surface area contributed by atoms with Crippen LogP contribution in [0.3, 0.4) is 0 Å². The molecule has 0 saturated carbocycles. The second-order valence-corrected chi connectivity index (χ2v) is 4.87. The van der Waals surface area contributed by atoms with Crippen molar-refractivity contribution in [3.8, 4) is 5.75 Å². The van der Waals surface area contributed by atoms with Crippen molar-refractivity contribution in [2.24, 2.45) is 11.7 Å². The maximum Gasteiger partial charge on any atom is 0.231 e. The number of benzene rings is 1. The standard InChI is InChI=1S/C14H21FN2O2/c1-11(2)9-17(10-14(16)18)7-8-19-13-6-4-3-5-12(13)15/h3-6,11H,7-10H2,1-2H3,(H2,16,18). The van der Waals surface area contributed by atoms with Gasteiger partial charge in [-0.05, 0) is 18.1 Å². The number of amides is 1. The van der Waals surface area contributed by atoms with E-state index < -0.39 is 0 Å². The highest BCUT2D eigenvalue weighted by Gasteiger charge is 2.10. The number of primary amides is 1. The molecule has 0 radical (unpaired) electrons. The summed E-state index contributed by atoms with van der Waals surface area (Å²) in [6.07, 6.45) is 0. The molecule has 4 nitrogen and oxygen atoms in total. The van der Waals surface area contributed by atoms with E-state index in [1.807, 2.05) is 4.90 Å². The average Bonchev–Trinajstić information content (AvgIpc) is 2.30. The van der Waals surface area contributed by atoms with E-state index in [2.05, 4.69) is 13.8 Å². The molecular formula is C14H21FN2O2. The van der Waals surface area contributed by atoms with Crippen molar-refractivity contribution < 1.29 is 13.9 Å². The SMILES string of the molecule is CC(C)CN(CCOc1ccccc1F)CC(N)=O. The van der Waals surface area contributed by atoms with E-state index >= 15 is 0 Å². The summed E-state index contributed by atoms with van der Waals surface area (Å²) >= 11 is 0. The van der Waals surface area contributed by atoms with Gasteiger partial charge in [0.25, 0.3) is 0 Å². The zero-order chi connectivity index (χ0) is 14.3. The second-order valence-electron chi connectivity index (χ2n) is 4.87. The molecule has 0 aliphatic rings. The molecular weight excluding hydrogens is 247 g/mol. The Balaban J connectivity index is 2.43. The molecule has 1 aromatic rings. The maximum absolute atomic E-state index is 13.3. The largest absolute Gasteiger partial charge is 0.489 e. The summed E-state index contributed by atoms with van der Waals surface area (Å²) in [5.41, 5.74) is 5.19. The van der Waals surface area contributed by atoms with Crippen molar-refractivity contribution in [1.29, 1.82) is 0 Å². The molecule has 0 aliphatic carbocycles. The van der Waals surface area contributed by atoms with E-state index in [-0.39, 0.29) is 24.0 Å². The van der Waals surface area contributed by atoms with E-state index in [1.165, 1.54) is 6.07 Å². The van der Waals surface area contributed by atoms with E-state index in [0.717, 1.165) is 6.54 Å². The minimum Gasteiger partial charge on any atom is -0.489 e. The summed E-state index contributed by atoms with van der Waals surface area (Å²) in [5, 5.41) is 0. The Morgan fingerprint density at radius 3 is 2.68 bits per heavy atom. The van der Waals surface area contributed by atoms with Crippen LogP contribution in [-0.4, -0.2) is 37.0 Å². The number of ether oxygens (including phenoxy) is 1. The molecule has 0 saturated heterocycles. The Hall–Kier alpha value is -1.62. The summed E-state index contributed by atoms with van der Waals surface area (Å²) in [5.74, 6) is -0.0989.